The summed E-state index contributed by atoms with van der Waals surface area (Å²) in [4.78, 5) is 2.68. The maximum atomic E-state index is 5.40. The zero-order chi connectivity index (χ0) is 10.8. The van der Waals surface area contributed by atoms with Gasteiger partial charge in [0.15, 0.2) is 0 Å². The molecule has 16 heavy (non-hydrogen) atoms. The van der Waals surface area contributed by atoms with Gasteiger partial charge in [0.25, 0.3) is 0 Å². The second-order valence-corrected chi connectivity index (χ2v) is 5.60. The quantitative estimate of drug-likeness (QED) is 0.780. The number of rotatable bonds is 3. The van der Waals surface area contributed by atoms with Crippen LogP contribution in [0.5, 0.6) is 0 Å². The molecule has 3 aliphatic rings. The molecule has 1 N–H and O–H groups in total. The molecule has 0 aromatic carbocycles. The van der Waals surface area contributed by atoms with Gasteiger partial charge in [0.1, 0.15) is 0 Å². The van der Waals surface area contributed by atoms with E-state index >= 15 is 0 Å². The van der Waals surface area contributed by atoms with Crippen molar-refractivity contribution in [2.75, 3.05) is 32.8 Å². The Bertz CT molecular complexity index is 228. The Morgan fingerprint density at radius 2 is 1.94 bits per heavy atom. The lowest BCUT2D eigenvalue weighted by atomic mass is 9.99. The van der Waals surface area contributed by atoms with E-state index in [0.717, 1.165) is 31.2 Å². The van der Waals surface area contributed by atoms with Crippen LogP contribution in [0.4, 0.5) is 0 Å². The molecule has 3 aliphatic heterocycles. The van der Waals surface area contributed by atoms with Crippen molar-refractivity contribution >= 4 is 0 Å². The first-order valence-corrected chi connectivity index (χ1v) is 6.98. The third kappa shape index (κ3) is 2.27. The van der Waals surface area contributed by atoms with E-state index in [9.17, 15) is 0 Å². The molecule has 3 nitrogen and oxygen atoms in total. The van der Waals surface area contributed by atoms with E-state index in [1.807, 2.05) is 0 Å². The fourth-order valence-electron chi connectivity index (χ4n) is 3.59. The van der Waals surface area contributed by atoms with Crippen LogP contribution in [0.15, 0.2) is 0 Å². The topological polar surface area (TPSA) is 24.5 Å². The van der Waals surface area contributed by atoms with Crippen LogP contribution in [0.25, 0.3) is 0 Å². The molecule has 0 spiro atoms. The van der Waals surface area contributed by atoms with Gasteiger partial charge in [-0.15, -0.1) is 0 Å². The van der Waals surface area contributed by atoms with Gasteiger partial charge in [-0.1, -0.05) is 0 Å². The highest BCUT2D eigenvalue weighted by atomic mass is 16.5. The van der Waals surface area contributed by atoms with E-state index in [4.69, 9.17) is 4.74 Å². The predicted molar refractivity (Wildman–Crippen MR) is 64.5 cm³/mol. The summed E-state index contributed by atoms with van der Waals surface area (Å²) in [7, 11) is 0. The number of nitrogens with zero attached hydrogens (tertiary/aromatic N) is 1. The number of fused-ring (bicyclic) bond motifs is 1. The average Bonchev–Trinajstić information content (AvgIpc) is 2.90. The Morgan fingerprint density at radius 3 is 2.81 bits per heavy atom. The standard InChI is InChI=1S/C13H24N2O/c1-2-13-12(3-7-15(13)6-1)14-10-11-4-8-16-9-5-11/h11-14H,1-10H2. The SMILES string of the molecule is C1CC2C(NCC3CCOCC3)CCN2C1. The lowest BCUT2D eigenvalue weighted by molar-refractivity contribution is 0.0651. The molecule has 0 amide bonds. The Morgan fingerprint density at radius 1 is 1.06 bits per heavy atom. The van der Waals surface area contributed by atoms with Crippen molar-refractivity contribution < 1.29 is 4.74 Å². The number of hydrogen-bond donors (Lipinski definition) is 1. The predicted octanol–water partition coefficient (Wildman–Crippen LogP) is 1.24. The average molecular weight is 224 g/mol. The summed E-state index contributed by atoms with van der Waals surface area (Å²) in [5.74, 6) is 0.865. The van der Waals surface area contributed by atoms with Gasteiger partial charge in [-0.25, -0.2) is 0 Å². The van der Waals surface area contributed by atoms with Gasteiger partial charge in [0.05, 0.1) is 0 Å². The summed E-state index contributed by atoms with van der Waals surface area (Å²) >= 11 is 0. The molecule has 2 unspecified atom stereocenters. The molecule has 0 bridgehead atoms. The third-order valence-corrected chi connectivity index (χ3v) is 4.62. The van der Waals surface area contributed by atoms with E-state index < -0.39 is 0 Å². The van der Waals surface area contributed by atoms with Crippen molar-refractivity contribution in [2.45, 2.75) is 44.2 Å². The lowest BCUT2D eigenvalue weighted by Crippen LogP contribution is -2.42. The molecule has 0 aliphatic carbocycles. The summed E-state index contributed by atoms with van der Waals surface area (Å²) in [5.41, 5.74) is 0. The Kier molecular flexibility index (Phi) is 3.46. The van der Waals surface area contributed by atoms with Gasteiger partial charge in [0.2, 0.25) is 0 Å². The fraction of sp³-hybridized carbons (Fsp3) is 1.00. The fourth-order valence-corrected chi connectivity index (χ4v) is 3.59. The molecule has 3 heterocycles. The summed E-state index contributed by atoms with van der Waals surface area (Å²) in [6.07, 6.45) is 6.72. The molecule has 0 radical (unpaired) electrons. The van der Waals surface area contributed by atoms with E-state index in [2.05, 4.69) is 10.2 Å². The summed E-state index contributed by atoms with van der Waals surface area (Å²) < 4.78 is 5.40. The molecule has 0 aromatic heterocycles. The number of nitrogens with one attached hydrogen (secondary N) is 1. The molecule has 3 rings (SSSR count). The van der Waals surface area contributed by atoms with Crippen molar-refractivity contribution in [2.24, 2.45) is 5.92 Å². The van der Waals surface area contributed by atoms with Gasteiger partial charge < -0.3 is 10.1 Å². The van der Waals surface area contributed by atoms with Crippen molar-refractivity contribution in [1.29, 1.82) is 0 Å². The molecule has 0 aromatic rings. The van der Waals surface area contributed by atoms with Crippen molar-refractivity contribution in [3.05, 3.63) is 0 Å². The first-order valence-electron chi connectivity index (χ1n) is 6.98. The molecular weight excluding hydrogens is 200 g/mol. The van der Waals surface area contributed by atoms with E-state index in [1.165, 1.54) is 51.7 Å². The Labute approximate surface area is 98.5 Å². The van der Waals surface area contributed by atoms with Crippen LogP contribution >= 0.6 is 0 Å². The van der Waals surface area contributed by atoms with Crippen LogP contribution in [-0.2, 0) is 4.74 Å². The molecule has 2 atom stereocenters. The Balaban J connectivity index is 1.44. The second-order valence-electron chi connectivity index (χ2n) is 5.60. The summed E-state index contributed by atoms with van der Waals surface area (Å²) in [6, 6.07) is 1.64. The van der Waals surface area contributed by atoms with Crippen LogP contribution in [0.2, 0.25) is 0 Å². The van der Waals surface area contributed by atoms with Gasteiger partial charge in [-0.05, 0) is 51.1 Å². The summed E-state index contributed by atoms with van der Waals surface area (Å²) in [5, 5.41) is 3.83. The molecule has 92 valence electrons. The normalized spacial score (nSPS) is 36.8. The zero-order valence-corrected chi connectivity index (χ0v) is 10.2. The highest BCUT2D eigenvalue weighted by molar-refractivity contribution is 4.95. The largest absolute Gasteiger partial charge is 0.381 e. The van der Waals surface area contributed by atoms with Crippen LogP contribution in [0.1, 0.15) is 32.1 Å². The van der Waals surface area contributed by atoms with Gasteiger partial charge in [-0.3, -0.25) is 4.90 Å². The maximum Gasteiger partial charge on any atom is 0.0469 e. The van der Waals surface area contributed by atoms with E-state index in [0.29, 0.717) is 0 Å². The minimum Gasteiger partial charge on any atom is -0.381 e. The monoisotopic (exact) mass is 224 g/mol. The van der Waals surface area contributed by atoms with E-state index in [1.54, 1.807) is 0 Å². The first-order chi connectivity index (χ1) is 7.93. The van der Waals surface area contributed by atoms with Crippen molar-refractivity contribution in [3.63, 3.8) is 0 Å². The number of ether oxygens (including phenoxy) is 1. The maximum absolute atomic E-state index is 5.40. The molecule has 3 heteroatoms. The van der Waals surface area contributed by atoms with Crippen LogP contribution in [-0.4, -0.2) is 49.8 Å². The minimum atomic E-state index is 0.783. The molecule has 0 saturated carbocycles. The highest BCUT2D eigenvalue weighted by Crippen LogP contribution is 2.28. The van der Waals surface area contributed by atoms with Gasteiger partial charge in [-0.2, -0.15) is 0 Å². The van der Waals surface area contributed by atoms with Crippen LogP contribution in [0, 0.1) is 5.92 Å². The van der Waals surface area contributed by atoms with E-state index in [-0.39, 0.29) is 0 Å². The van der Waals surface area contributed by atoms with Crippen LogP contribution in [0.3, 0.4) is 0 Å². The van der Waals surface area contributed by atoms with Crippen LogP contribution < -0.4 is 5.32 Å². The zero-order valence-electron chi connectivity index (χ0n) is 10.2. The minimum absolute atomic E-state index is 0.783. The van der Waals surface area contributed by atoms with Crippen molar-refractivity contribution in [3.8, 4) is 0 Å². The second kappa shape index (κ2) is 5.03. The Hall–Kier alpha value is -0.120. The molecule has 3 saturated heterocycles. The lowest BCUT2D eigenvalue weighted by Gasteiger charge is -2.26. The first kappa shape index (κ1) is 11.0. The molecular formula is C13H24N2O. The summed E-state index contributed by atoms with van der Waals surface area (Å²) in [6.45, 7) is 5.85. The van der Waals surface area contributed by atoms with Gasteiger partial charge in [0, 0.05) is 31.8 Å². The van der Waals surface area contributed by atoms with Crippen molar-refractivity contribution in [1.82, 2.24) is 10.2 Å². The number of hydrogen-bond acceptors (Lipinski definition) is 3. The highest BCUT2D eigenvalue weighted by Gasteiger charge is 2.36. The third-order valence-electron chi connectivity index (χ3n) is 4.62. The smallest absolute Gasteiger partial charge is 0.0469 e. The molecule has 3 fully saturated rings. The van der Waals surface area contributed by atoms with Gasteiger partial charge >= 0.3 is 0 Å².